The zero-order valence-corrected chi connectivity index (χ0v) is 10.6. The van der Waals surface area contributed by atoms with Crippen molar-refractivity contribution >= 4 is 11.9 Å². The number of carbonyl (C=O) groups excluding carboxylic acids is 2. The second kappa shape index (κ2) is 8.62. The van der Waals surface area contributed by atoms with Gasteiger partial charge in [-0.15, -0.1) is 0 Å². The number of rotatable bonds is 6. The van der Waals surface area contributed by atoms with Crippen LogP contribution in [0.25, 0.3) is 0 Å². The summed E-state index contributed by atoms with van der Waals surface area (Å²) in [5, 5.41) is 12.6. The molecule has 0 saturated carbocycles. The molecule has 5 nitrogen and oxygen atoms in total. The van der Waals surface area contributed by atoms with Gasteiger partial charge in [-0.2, -0.15) is 0 Å². The molecule has 0 unspecified atom stereocenters. The van der Waals surface area contributed by atoms with Crippen molar-refractivity contribution in [3.8, 4) is 5.75 Å². The maximum absolute atomic E-state index is 11.5. The minimum absolute atomic E-state index is 0. The van der Waals surface area contributed by atoms with Crippen molar-refractivity contribution in [2.24, 2.45) is 0 Å². The minimum atomic E-state index is -1.18. The fourth-order valence-electron chi connectivity index (χ4n) is 1.25. The van der Waals surface area contributed by atoms with Crippen molar-refractivity contribution in [2.45, 2.75) is 13.3 Å². The Kier molecular flexibility index (Phi) is 7.93. The van der Waals surface area contributed by atoms with Gasteiger partial charge in [0.05, 0.1) is 6.61 Å². The van der Waals surface area contributed by atoms with Crippen LogP contribution >= 0.6 is 0 Å². The van der Waals surface area contributed by atoms with Gasteiger partial charge in [-0.05, 0) is 31.2 Å². The molecule has 0 aliphatic rings. The van der Waals surface area contributed by atoms with Gasteiger partial charge in [0.2, 0.25) is 0 Å². The maximum Gasteiger partial charge on any atom is 1.00 e. The smallest absolute Gasteiger partial charge is 0.550 e. The Labute approximate surface area is 118 Å². The van der Waals surface area contributed by atoms with Crippen molar-refractivity contribution in [1.29, 1.82) is 0 Å². The Morgan fingerprint density at radius 2 is 1.89 bits per heavy atom. The molecule has 0 aliphatic carbocycles. The van der Waals surface area contributed by atoms with E-state index in [-0.39, 0.29) is 37.7 Å². The molecule has 92 valence electrons. The molecule has 1 N–H and O–H groups in total. The summed E-state index contributed by atoms with van der Waals surface area (Å²) in [4.78, 5) is 21.7. The zero-order valence-electron chi connectivity index (χ0n) is 10.6. The normalized spacial score (nSPS) is 9.17. The fourth-order valence-corrected chi connectivity index (χ4v) is 1.25. The van der Waals surface area contributed by atoms with Crippen molar-refractivity contribution < 1.29 is 38.3 Å². The number of amides is 1. The molecule has 0 atom stereocenters. The van der Waals surface area contributed by atoms with E-state index in [9.17, 15) is 14.7 Å². The van der Waals surface area contributed by atoms with Crippen LogP contribution in [0.1, 0.15) is 23.7 Å². The van der Waals surface area contributed by atoms with Crippen LogP contribution in [0.2, 0.25) is 0 Å². The largest absolute Gasteiger partial charge is 1.00 e. The van der Waals surface area contributed by atoms with Crippen LogP contribution in [-0.2, 0) is 4.79 Å². The molecule has 0 fully saturated rings. The van der Waals surface area contributed by atoms with Crippen LogP contribution in [-0.4, -0.2) is 25.0 Å². The van der Waals surface area contributed by atoms with Crippen molar-refractivity contribution in [2.75, 3.05) is 13.2 Å². The summed E-state index contributed by atoms with van der Waals surface area (Å²) < 4.78 is 5.24. The first-order valence-electron chi connectivity index (χ1n) is 5.34. The summed E-state index contributed by atoms with van der Waals surface area (Å²) in [5.74, 6) is -0.801. The Hall–Kier alpha value is -1.44. The van der Waals surface area contributed by atoms with Gasteiger partial charge in [0.1, 0.15) is 5.75 Å². The molecule has 0 bridgehead atoms. The van der Waals surface area contributed by atoms with Gasteiger partial charge in [-0.25, -0.2) is 0 Å². The van der Waals surface area contributed by atoms with Crippen LogP contribution < -0.4 is 34.0 Å². The molecule has 0 saturated heterocycles. The van der Waals surface area contributed by atoms with Gasteiger partial charge < -0.3 is 20.0 Å². The standard InChI is InChI=1S/C12H15NO4.Li/c1-2-17-10-5-3-9(4-6-10)12(16)13-8-7-11(14)15;/h3-6H,2,7-8H2,1H3,(H,13,16)(H,14,15);/q;+1/p-1. The maximum atomic E-state index is 11.5. The first-order valence-corrected chi connectivity index (χ1v) is 5.34. The van der Waals surface area contributed by atoms with E-state index in [0.717, 1.165) is 0 Å². The van der Waals surface area contributed by atoms with Crippen LogP contribution in [0.4, 0.5) is 0 Å². The van der Waals surface area contributed by atoms with Crippen molar-refractivity contribution in [3.05, 3.63) is 29.8 Å². The Morgan fingerprint density at radius 1 is 1.28 bits per heavy atom. The minimum Gasteiger partial charge on any atom is -0.550 e. The van der Waals surface area contributed by atoms with E-state index in [0.29, 0.717) is 17.9 Å². The molecule has 0 aliphatic heterocycles. The number of carboxylic acids is 1. The Bertz CT molecular complexity index is 392. The Morgan fingerprint density at radius 3 is 2.39 bits per heavy atom. The number of hydrogen-bond donors (Lipinski definition) is 1. The van der Waals surface area contributed by atoms with Crippen LogP contribution in [0.3, 0.4) is 0 Å². The average Bonchev–Trinajstić information content (AvgIpc) is 2.30. The average molecular weight is 243 g/mol. The van der Waals surface area contributed by atoms with E-state index in [4.69, 9.17) is 4.74 Å². The summed E-state index contributed by atoms with van der Waals surface area (Å²) in [6, 6.07) is 6.63. The second-order valence-electron chi connectivity index (χ2n) is 3.34. The fraction of sp³-hybridized carbons (Fsp3) is 0.333. The quantitative estimate of drug-likeness (QED) is 0.539. The molecule has 1 amide bonds. The summed E-state index contributed by atoms with van der Waals surface area (Å²) >= 11 is 0. The first kappa shape index (κ1) is 16.6. The molecule has 6 heteroatoms. The van der Waals surface area contributed by atoms with E-state index < -0.39 is 5.97 Å². The van der Waals surface area contributed by atoms with Gasteiger partial charge in [0.25, 0.3) is 5.91 Å². The topological polar surface area (TPSA) is 78.5 Å². The zero-order chi connectivity index (χ0) is 12.7. The third-order valence-electron chi connectivity index (χ3n) is 2.04. The number of hydrogen-bond acceptors (Lipinski definition) is 4. The SMILES string of the molecule is CCOc1ccc(C(=O)NCCC(=O)[O-])cc1.[Li+]. The van der Waals surface area contributed by atoms with E-state index in [2.05, 4.69) is 5.32 Å². The summed E-state index contributed by atoms with van der Waals surface area (Å²) in [6.45, 7) is 2.51. The van der Waals surface area contributed by atoms with Gasteiger partial charge in [-0.3, -0.25) is 4.79 Å². The van der Waals surface area contributed by atoms with Crippen LogP contribution in [0, 0.1) is 0 Å². The van der Waals surface area contributed by atoms with E-state index >= 15 is 0 Å². The van der Waals surface area contributed by atoms with Gasteiger partial charge >= 0.3 is 18.9 Å². The van der Waals surface area contributed by atoms with Gasteiger partial charge in [0, 0.05) is 24.5 Å². The third kappa shape index (κ3) is 5.76. The molecule has 1 aromatic carbocycles. The molecular formula is C12H14LiNO4. The molecule has 1 rings (SSSR count). The summed E-state index contributed by atoms with van der Waals surface area (Å²) in [5.41, 5.74) is 0.465. The van der Waals surface area contributed by atoms with Crippen LogP contribution in [0.15, 0.2) is 24.3 Å². The van der Waals surface area contributed by atoms with E-state index in [1.807, 2.05) is 6.92 Å². The van der Waals surface area contributed by atoms with Crippen molar-refractivity contribution in [1.82, 2.24) is 5.32 Å². The second-order valence-corrected chi connectivity index (χ2v) is 3.34. The number of ether oxygens (including phenoxy) is 1. The Balaban J connectivity index is 0.00000289. The molecule has 0 radical (unpaired) electrons. The molecule has 0 aromatic heterocycles. The number of carboxylic acid groups (broad SMARTS) is 1. The monoisotopic (exact) mass is 243 g/mol. The van der Waals surface area contributed by atoms with Crippen LogP contribution in [0.5, 0.6) is 5.75 Å². The molecule has 0 spiro atoms. The first-order chi connectivity index (χ1) is 8.13. The van der Waals surface area contributed by atoms with E-state index in [1.165, 1.54) is 0 Å². The van der Waals surface area contributed by atoms with E-state index in [1.54, 1.807) is 24.3 Å². The summed E-state index contributed by atoms with van der Waals surface area (Å²) in [6.07, 6.45) is -0.192. The van der Waals surface area contributed by atoms with Gasteiger partial charge in [-0.1, -0.05) is 0 Å². The number of benzene rings is 1. The molecule has 0 heterocycles. The van der Waals surface area contributed by atoms with Crippen molar-refractivity contribution in [3.63, 3.8) is 0 Å². The summed E-state index contributed by atoms with van der Waals surface area (Å²) in [7, 11) is 0. The molecule has 18 heavy (non-hydrogen) atoms. The predicted octanol–water partition coefficient (Wildman–Crippen LogP) is -3.04. The third-order valence-corrected chi connectivity index (χ3v) is 2.04. The molecule has 1 aromatic rings. The number of carbonyl (C=O) groups is 2. The number of aliphatic carboxylic acids is 1. The molecular weight excluding hydrogens is 229 g/mol. The van der Waals surface area contributed by atoms with Gasteiger partial charge in [0.15, 0.2) is 0 Å². The number of nitrogens with one attached hydrogen (secondary N) is 1. The predicted molar refractivity (Wildman–Crippen MR) is 59.6 cm³/mol.